The van der Waals surface area contributed by atoms with E-state index >= 15 is 0 Å². The molecule has 0 bridgehead atoms. The van der Waals surface area contributed by atoms with Crippen molar-refractivity contribution < 1.29 is 9.53 Å². The molecule has 0 unspecified atom stereocenters. The van der Waals surface area contributed by atoms with Gasteiger partial charge in [0.25, 0.3) is 0 Å². The van der Waals surface area contributed by atoms with E-state index in [1.165, 1.54) is 17.0 Å². The number of carbonyl (C=O) groups excluding carboxylic acids is 1. The van der Waals surface area contributed by atoms with E-state index in [1.807, 2.05) is 26.8 Å². The van der Waals surface area contributed by atoms with Crippen LogP contribution in [0.25, 0.3) is 0 Å². The third-order valence-electron chi connectivity index (χ3n) is 4.82. The maximum atomic E-state index is 11.9. The Balaban J connectivity index is 1.77. The van der Waals surface area contributed by atoms with Crippen molar-refractivity contribution in [1.82, 2.24) is 10.2 Å². The van der Waals surface area contributed by atoms with Crippen molar-refractivity contribution in [3.05, 3.63) is 58.5 Å². The van der Waals surface area contributed by atoms with E-state index in [9.17, 15) is 4.79 Å². The van der Waals surface area contributed by atoms with Gasteiger partial charge in [0.1, 0.15) is 11.2 Å². The lowest BCUT2D eigenvalue weighted by atomic mass is 9.80. The molecule has 2 aliphatic heterocycles. The Hall–Kier alpha value is -2.76. The fraction of sp³-hybridized carbons (Fsp3) is 0.435. The molecule has 4 nitrogen and oxygen atoms in total. The SMILES string of the molecule is C#CCC1=CCN2C(=C1)C(C)(C)C1=C2C=CC(CNC(=O)OC(C)(C)C)=[C+]1. The van der Waals surface area contributed by atoms with Crippen LogP contribution in [0.15, 0.2) is 52.4 Å². The van der Waals surface area contributed by atoms with Crippen LogP contribution in [-0.2, 0) is 4.74 Å². The smallest absolute Gasteiger partial charge is 0.408 e. The number of carbonyl (C=O) groups is 1. The summed E-state index contributed by atoms with van der Waals surface area (Å²) in [5.41, 5.74) is 5.02. The van der Waals surface area contributed by atoms with Gasteiger partial charge in [-0.2, -0.15) is 0 Å². The third kappa shape index (κ3) is 3.84. The van der Waals surface area contributed by atoms with Crippen molar-refractivity contribution >= 4 is 6.09 Å². The van der Waals surface area contributed by atoms with Crippen molar-refractivity contribution in [3.63, 3.8) is 0 Å². The van der Waals surface area contributed by atoms with Crippen molar-refractivity contribution in [2.45, 2.75) is 46.6 Å². The molecule has 0 saturated carbocycles. The Kier molecular flexibility index (Phi) is 4.76. The van der Waals surface area contributed by atoms with Gasteiger partial charge in [-0.25, -0.2) is 4.79 Å². The second kappa shape index (κ2) is 6.76. The second-order valence-corrected chi connectivity index (χ2v) is 8.52. The van der Waals surface area contributed by atoms with E-state index in [0.29, 0.717) is 13.0 Å². The van der Waals surface area contributed by atoms with Crippen molar-refractivity contribution in [2.24, 2.45) is 5.41 Å². The summed E-state index contributed by atoms with van der Waals surface area (Å²) in [5, 5.41) is 2.81. The van der Waals surface area contributed by atoms with Crippen molar-refractivity contribution in [2.75, 3.05) is 13.1 Å². The molecule has 0 aromatic carbocycles. The molecule has 140 valence electrons. The van der Waals surface area contributed by atoms with Gasteiger partial charge in [-0.15, -0.1) is 12.3 Å². The summed E-state index contributed by atoms with van der Waals surface area (Å²) < 4.78 is 5.30. The predicted molar refractivity (Wildman–Crippen MR) is 107 cm³/mol. The monoisotopic (exact) mass is 363 g/mol. The number of nitrogens with one attached hydrogen (secondary N) is 1. The summed E-state index contributed by atoms with van der Waals surface area (Å²) in [4.78, 5) is 14.2. The lowest BCUT2D eigenvalue weighted by Gasteiger charge is -2.27. The Labute approximate surface area is 162 Å². The Morgan fingerprint density at radius 3 is 2.81 bits per heavy atom. The zero-order valence-corrected chi connectivity index (χ0v) is 16.8. The molecular weight excluding hydrogens is 336 g/mol. The minimum absolute atomic E-state index is 0.161. The molecule has 0 aromatic heterocycles. The summed E-state index contributed by atoms with van der Waals surface area (Å²) >= 11 is 0. The first-order valence-electron chi connectivity index (χ1n) is 9.26. The van der Waals surface area contributed by atoms with Crippen molar-refractivity contribution in [3.8, 4) is 12.3 Å². The van der Waals surface area contributed by atoms with Gasteiger partial charge in [-0.3, -0.25) is 4.90 Å². The number of hydrogen-bond acceptors (Lipinski definition) is 3. The molecule has 0 saturated heterocycles. The fourth-order valence-corrected chi connectivity index (χ4v) is 3.55. The van der Waals surface area contributed by atoms with Crippen LogP contribution in [-0.4, -0.2) is 29.7 Å². The number of rotatable bonds is 3. The van der Waals surface area contributed by atoms with Crippen LogP contribution in [0.2, 0.25) is 0 Å². The predicted octanol–water partition coefficient (Wildman–Crippen LogP) is 4.25. The summed E-state index contributed by atoms with van der Waals surface area (Å²) in [7, 11) is 0. The molecule has 0 radical (unpaired) electrons. The molecule has 4 heteroatoms. The highest BCUT2D eigenvalue weighted by molar-refractivity contribution is 5.68. The van der Waals surface area contributed by atoms with Gasteiger partial charge in [0.2, 0.25) is 0 Å². The van der Waals surface area contributed by atoms with Crippen LogP contribution in [0.3, 0.4) is 0 Å². The number of amides is 1. The van der Waals surface area contributed by atoms with Gasteiger partial charge in [-0.05, 0) is 46.3 Å². The van der Waals surface area contributed by atoms with Crippen LogP contribution in [0, 0.1) is 23.8 Å². The molecule has 1 N–H and O–H groups in total. The van der Waals surface area contributed by atoms with Crippen LogP contribution in [0.5, 0.6) is 0 Å². The van der Waals surface area contributed by atoms with E-state index in [2.05, 4.69) is 54.3 Å². The minimum Gasteiger partial charge on any atom is -0.444 e. The van der Waals surface area contributed by atoms with E-state index in [0.717, 1.165) is 17.7 Å². The zero-order valence-electron chi connectivity index (χ0n) is 16.8. The van der Waals surface area contributed by atoms with Gasteiger partial charge < -0.3 is 10.1 Å². The standard InChI is InChI=1S/C23H26N2O2/c1-7-8-16-11-12-25-19-10-9-17(15-24-21(26)27-22(2,3)4)13-18(19)23(5,6)20(25)14-16/h1,9-11,14H,8,12,15H2,2-6H3/p+1. The first-order valence-corrected chi connectivity index (χ1v) is 9.26. The largest absolute Gasteiger partial charge is 0.444 e. The Morgan fingerprint density at radius 2 is 2.15 bits per heavy atom. The molecule has 0 spiro atoms. The topological polar surface area (TPSA) is 41.6 Å². The lowest BCUT2D eigenvalue weighted by molar-refractivity contribution is 0.0533. The molecule has 1 amide bonds. The van der Waals surface area contributed by atoms with Gasteiger partial charge in [0.05, 0.1) is 36.7 Å². The fourth-order valence-electron chi connectivity index (χ4n) is 3.55. The summed E-state index contributed by atoms with van der Waals surface area (Å²) in [6.07, 6.45) is 17.7. The zero-order chi connectivity index (χ0) is 19.8. The number of alkyl carbamates (subject to hydrolysis) is 1. The molecule has 3 aliphatic rings. The van der Waals surface area contributed by atoms with E-state index in [1.54, 1.807) is 0 Å². The summed E-state index contributed by atoms with van der Waals surface area (Å²) in [6.45, 7) is 11.2. The number of hydrogen-bond donors (Lipinski definition) is 1. The third-order valence-corrected chi connectivity index (χ3v) is 4.82. The van der Waals surface area contributed by atoms with E-state index in [-0.39, 0.29) is 5.41 Å². The number of fused-ring (bicyclic) bond motifs is 2. The molecule has 0 atom stereocenters. The first kappa shape index (κ1) is 19.0. The quantitative estimate of drug-likeness (QED) is 0.602. The van der Waals surface area contributed by atoms with Crippen LogP contribution in [0.4, 0.5) is 4.79 Å². The lowest BCUT2D eigenvalue weighted by Crippen LogP contribution is -2.33. The van der Waals surface area contributed by atoms with Gasteiger partial charge >= 0.3 is 6.09 Å². The molecule has 2 heterocycles. The average Bonchev–Trinajstić information content (AvgIpc) is 2.79. The maximum Gasteiger partial charge on any atom is 0.408 e. The van der Waals surface area contributed by atoms with E-state index < -0.39 is 11.7 Å². The first-order chi connectivity index (χ1) is 12.6. The Morgan fingerprint density at radius 1 is 1.41 bits per heavy atom. The van der Waals surface area contributed by atoms with E-state index in [4.69, 9.17) is 11.2 Å². The Bertz CT molecular complexity index is 852. The molecule has 0 aromatic rings. The number of terminal acetylenes is 1. The molecule has 3 rings (SSSR count). The van der Waals surface area contributed by atoms with Gasteiger partial charge in [-0.1, -0.05) is 6.08 Å². The van der Waals surface area contributed by atoms with Crippen LogP contribution < -0.4 is 5.32 Å². The average molecular weight is 363 g/mol. The maximum absolute atomic E-state index is 11.9. The molecule has 27 heavy (non-hydrogen) atoms. The highest BCUT2D eigenvalue weighted by Gasteiger charge is 2.48. The minimum atomic E-state index is -0.508. The molecule has 0 fully saturated rings. The van der Waals surface area contributed by atoms with Crippen LogP contribution >= 0.6 is 0 Å². The normalized spacial score (nSPS) is 19.9. The van der Waals surface area contributed by atoms with Crippen molar-refractivity contribution in [1.29, 1.82) is 0 Å². The summed E-state index contributed by atoms with van der Waals surface area (Å²) in [6, 6.07) is 0. The molecular formula is C23H27N2O2+. The summed E-state index contributed by atoms with van der Waals surface area (Å²) in [5.74, 6) is 2.73. The second-order valence-electron chi connectivity index (χ2n) is 8.52. The highest BCUT2D eigenvalue weighted by atomic mass is 16.6. The number of nitrogens with zero attached hydrogens (tertiary/aromatic N) is 1. The van der Waals surface area contributed by atoms with Crippen LogP contribution in [0.1, 0.15) is 41.0 Å². The van der Waals surface area contributed by atoms with Gasteiger partial charge in [0, 0.05) is 12.1 Å². The molecule has 1 aliphatic carbocycles. The highest BCUT2D eigenvalue weighted by Crippen LogP contribution is 2.50. The number of allylic oxidation sites excluding steroid dienone is 5. The van der Waals surface area contributed by atoms with Gasteiger partial charge in [0.15, 0.2) is 11.3 Å². The number of ether oxygens (including phenoxy) is 1.